The Morgan fingerprint density at radius 1 is 1.44 bits per heavy atom. The van der Waals surface area contributed by atoms with Crippen molar-refractivity contribution in [2.75, 3.05) is 18.1 Å². The molecule has 1 saturated heterocycles. The fourth-order valence-corrected chi connectivity index (χ4v) is 4.88. The molecular weight excluding hydrogens is 311 g/mol. The minimum absolute atomic E-state index is 0.284. The van der Waals surface area contributed by atoms with Gasteiger partial charge < -0.3 is 0 Å². The summed E-state index contributed by atoms with van der Waals surface area (Å²) in [5, 5.41) is 0. The van der Waals surface area contributed by atoms with Crippen LogP contribution < -0.4 is 8.48 Å². The van der Waals surface area contributed by atoms with E-state index in [1.807, 2.05) is 6.07 Å². The van der Waals surface area contributed by atoms with Crippen molar-refractivity contribution in [3.63, 3.8) is 0 Å². The van der Waals surface area contributed by atoms with Gasteiger partial charge >= 0.3 is 99.6 Å². The maximum atomic E-state index is 11.4. The summed E-state index contributed by atoms with van der Waals surface area (Å²) < 4.78 is 6.28. The maximum absolute atomic E-state index is 11.4. The first-order valence-corrected chi connectivity index (χ1v) is 15.4. The molecule has 0 aliphatic carbocycles. The summed E-state index contributed by atoms with van der Waals surface area (Å²) in [4.78, 5) is 24.3. The Bertz CT molecular complexity index is 415. The second-order valence-corrected chi connectivity index (χ2v) is 19.4. The zero-order valence-electron chi connectivity index (χ0n) is 9.86. The van der Waals surface area contributed by atoms with Gasteiger partial charge in [-0.3, -0.25) is 0 Å². The molecule has 1 aliphatic rings. The number of carbonyl (C=O) groups is 1. The number of ether oxygens (including phenoxy) is 1. The van der Waals surface area contributed by atoms with Gasteiger partial charge in [-0.1, -0.05) is 0 Å². The van der Waals surface area contributed by atoms with E-state index in [0.717, 1.165) is 5.82 Å². The third-order valence-electron chi connectivity index (χ3n) is 2.65. The van der Waals surface area contributed by atoms with Gasteiger partial charge in [-0.2, -0.15) is 0 Å². The summed E-state index contributed by atoms with van der Waals surface area (Å²) in [6.07, 6.45) is 1.51. The van der Waals surface area contributed by atoms with Crippen LogP contribution in [-0.2, 0) is 4.74 Å². The molecule has 1 aromatic rings. The van der Waals surface area contributed by atoms with Gasteiger partial charge in [-0.05, 0) is 0 Å². The zero-order chi connectivity index (χ0) is 11.8. The molecule has 0 atom stereocenters. The molecule has 16 heavy (non-hydrogen) atoms. The molecule has 2 rings (SSSR count). The second kappa shape index (κ2) is 4.24. The third kappa shape index (κ3) is 2.31. The Balaban J connectivity index is 2.32. The second-order valence-electron chi connectivity index (χ2n) is 4.92. The van der Waals surface area contributed by atoms with E-state index in [0.29, 0.717) is 13.2 Å². The molecule has 0 spiro atoms. The van der Waals surface area contributed by atoms with E-state index >= 15 is 0 Å². The molecule has 0 saturated carbocycles. The molecule has 2 heterocycles. The van der Waals surface area contributed by atoms with E-state index in [4.69, 9.17) is 4.74 Å². The summed E-state index contributed by atoms with van der Waals surface area (Å²) in [6.45, 7) is 1.07. The topological polar surface area (TPSA) is 42.4 Å². The van der Waals surface area contributed by atoms with Crippen LogP contribution in [0, 0.1) is 0 Å². The van der Waals surface area contributed by atoms with Gasteiger partial charge in [0.2, 0.25) is 0 Å². The molecule has 0 bridgehead atoms. The zero-order valence-corrected chi connectivity index (χ0v) is 12.7. The molecule has 1 amide bonds. The fourth-order valence-electron chi connectivity index (χ4n) is 1.63. The SMILES string of the molecule is [CH3][Sn]([CH3])([CH3])[c]1ccnc(N2CCOC2=O)c1. The van der Waals surface area contributed by atoms with Gasteiger partial charge in [0, 0.05) is 0 Å². The van der Waals surface area contributed by atoms with Crippen LogP contribution >= 0.6 is 0 Å². The average Bonchev–Trinajstić information content (AvgIpc) is 2.63. The van der Waals surface area contributed by atoms with Gasteiger partial charge in [-0.15, -0.1) is 0 Å². The number of pyridine rings is 1. The first-order chi connectivity index (χ1) is 7.48. The molecule has 0 unspecified atom stereocenters. The molecule has 1 aliphatic heterocycles. The quantitative estimate of drug-likeness (QED) is 0.775. The molecular formula is C11H16N2O2Sn. The van der Waals surface area contributed by atoms with Gasteiger partial charge in [0.15, 0.2) is 0 Å². The van der Waals surface area contributed by atoms with Gasteiger partial charge in [0.05, 0.1) is 0 Å². The van der Waals surface area contributed by atoms with Gasteiger partial charge in [0.1, 0.15) is 0 Å². The van der Waals surface area contributed by atoms with Crippen molar-refractivity contribution >= 4 is 33.9 Å². The number of rotatable bonds is 2. The monoisotopic (exact) mass is 328 g/mol. The Morgan fingerprint density at radius 2 is 2.19 bits per heavy atom. The number of cyclic esters (lactones) is 1. The fraction of sp³-hybridized carbons (Fsp3) is 0.455. The van der Waals surface area contributed by atoms with E-state index in [1.165, 1.54) is 3.58 Å². The molecule has 1 fully saturated rings. The van der Waals surface area contributed by atoms with Crippen molar-refractivity contribution in [3.8, 4) is 0 Å². The minimum atomic E-state index is -2.08. The van der Waals surface area contributed by atoms with Crippen LogP contribution in [0.3, 0.4) is 0 Å². The number of hydrogen-bond acceptors (Lipinski definition) is 3. The standard InChI is InChI=1S/C8H7N2O2.3CH3.Sn/c11-8-10(5-6-12-8)7-3-1-2-4-9-7;;;;/h2-4H,5-6H2;3*1H3;. The molecule has 1 aromatic heterocycles. The summed E-state index contributed by atoms with van der Waals surface area (Å²) >= 11 is -2.08. The predicted octanol–water partition coefficient (Wildman–Crippen LogP) is 1.58. The molecule has 5 heteroatoms. The number of anilines is 1. The molecule has 4 nitrogen and oxygen atoms in total. The molecule has 86 valence electrons. The number of carbonyl (C=O) groups excluding carboxylic acids is 1. The van der Waals surface area contributed by atoms with E-state index in [1.54, 1.807) is 11.1 Å². The molecule has 0 radical (unpaired) electrons. The van der Waals surface area contributed by atoms with Crippen LogP contribution in [0.1, 0.15) is 0 Å². The van der Waals surface area contributed by atoms with Crippen LogP contribution in [0.2, 0.25) is 14.8 Å². The van der Waals surface area contributed by atoms with Crippen LogP contribution in [0.15, 0.2) is 18.3 Å². The van der Waals surface area contributed by atoms with Crippen LogP contribution in [0.4, 0.5) is 10.6 Å². The first-order valence-electron chi connectivity index (χ1n) is 5.39. The van der Waals surface area contributed by atoms with Crippen molar-refractivity contribution in [1.82, 2.24) is 4.98 Å². The van der Waals surface area contributed by atoms with Crippen LogP contribution in [0.25, 0.3) is 0 Å². The summed E-state index contributed by atoms with van der Waals surface area (Å²) in [6, 6.07) is 4.11. The average molecular weight is 327 g/mol. The van der Waals surface area contributed by atoms with Crippen LogP contribution in [-0.4, -0.2) is 42.6 Å². The number of nitrogens with zero attached hydrogens (tertiary/aromatic N) is 2. The summed E-state index contributed by atoms with van der Waals surface area (Å²) in [5.74, 6) is 0.728. The first kappa shape index (κ1) is 11.7. The number of hydrogen-bond donors (Lipinski definition) is 0. The number of aromatic nitrogens is 1. The third-order valence-corrected chi connectivity index (χ3v) is 8.48. The van der Waals surface area contributed by atoms with Crippen molar-refractivity contribution in [1.29, 1.82) is 0 Å². The van der Waals surface area contributed by atoms with Crippen molar-refractivity contribution in [2.45, 2.75) is 14.8 Å². The Hall–Kier alpha value is -0.781. The summed E-state index contributed by atoms with van der Waals surface area (Å²) in [5.41, 5.74) is 0. The van der Waals surface area contributed by atoms with E-state index in [2.05, 4.69) is 25.9 Å². The normalized spacial score (nSPS) is 16.4. The Morgan fingerprint density at radius 3 is 2.75 bits per heavy atom. The van der Waals surface area contributed by atoms with E-state index in [-0.39, 0.29) is 6.09 Å². The molecule has 0 aromatic carbocycles. The van der Waals surface area contributed by atoms with Crippen molar-refractivity contribution < 1.29 is 9.53 Å². The van der Waals surface area contributed by atoms with Gasteiger partial charge in [0.25, 0.3) is 0 Å². The van der Waals surface area contributed by atoms with E-state index in [9.17, 15) is 4.79 Å². The Kier molecular flexibility index (Phi) is 3.10. The van der Waals surface area contributed by atoms with Gasteiger partial charge in [-0.25, -0.2) is 0 Å². The molecule has 0 N–H and O–H groups in total. The Labute approximate surface area is 99.5 Å². The van der Waals surface area contributed by atoms with E-state index < -0.39 is 18.4 Å². The van der Waals surface area contributed by atoms with Crippen LogP contribution in [0.5, 0.6) is 0 Å². The number of amides is 1. The summed E-state index contributed by atoms with van der Waals surface area (Å²) in [7, 11) is 0. The van der Waals surface area contributed by atoms with Crippen molar-refractivity contribution in [3.05, 3.63) is 18.3 Å². The van der Waals surface area contributed by atoms with Crippen molar-refractivity contribution in [2.24, 2.45) is 0 Å². The predicted molar refractivity (Wildman–Crippen MR) is 65.9 cm³/mol.